The average Bonchev–Trinajstić information content (AvgIpc) is 2.55. The third-order valence-electron chi connectivity index (χ3n) is 1.67. The molecule has 72 valence electrons. The molecule has 0 saturated heterocycles. The smallest absolute Gasteiger partial charge is 0.239 e. The lowest BCUT2D eigenvalue weighted by Crippen LogP contribution is -2.41. The van der Waals surface area contributed by atoms with Gasteiger partial charge in [0.2, 0.25) is 5.91 Å². The fourth-order valence-corrected chi connectivity index (χ4v) is 1.55. The van der Waals surface area contributed by atoms with E-state index in [1.54, 1.807) is 19.6 Å². The average molecular weight is 199 g/mol. The lowest BCUT2D eigenvalue weighted by molar-refractivity contribution is -0.130. The Bertz CT molecular complexity index is 271. The summed E-state index contributed by atoms with van der Waals surface area (Å²) >= 11 is 1.51. The number of rotatable bonds is 3. The summed E-state index contributed by atoms with van der Waals surface area (Å²) in [5.74, 6) is -0.0620. The predicted molar refractivity (Wildman–Crippen MR) is 52.5 cm³/mol. The lowest BCUT2D eigenvalue weighted by atomic mass is 10.1. The summed E-state index contributed by atoms with van der Waals surface area (Å²) in [6.07, 6.45) is 0.514. The van der Waals surface area contributed by atoms with Crippen LogP contribution in [0.15, 0.2) is 10.9 Å². The highest BCUT2D eigenvalue weighted by Crippen LogP contribution is 2.04. The highest BCUT2D eigenvalue weighted by Gasteiger charge is 2.16. The number of amides is 1. The van der Waals surface area contributed by atoms with Crippen molar-refractivity contribution >= 4 is 17.2 Å². The molecule has 1 amide bonds. The minimum atomic E-state index is -0.475. The zero-order chi connectivity index (χ0) is 9.84. The fourth-order valence-electron chi connectivity index (χ4n) is 0.983. The number of hydrogen-bond donors (Lipinski definition) is 1. The van der Waals surface area contributed by atoms with Crippen LogP contribution in [0.1, 0.15) is 5.69 Å². The van der Waals surface area contributed by atoms with Gasteiger partial charge in [-0.15, -0.1) is 11.3 Å². The number of aromatic nitrogens is 1. The summed E-state index contributed by atoms with van der Waals surface area (Å²) in [7, 11) is 3.40. The number of thiazole rings is 1. The maximum atomic E-state index is 11.3. The molecule has 4 nitrogen and oxygen atoms in total. The largest absolute Gasteiger partial charge is 0.347 e. The van der Waals surface area contributed by atoms with E-state index in [2.05, 4.69) is 4.98 Å². The summed E-state index contributed by atoms with van der Waals surface area (Å²) in [6.45, 7) is 0. The van der Waals surface area contributed by atoms with Gasteiger partial charge in [-0.2, -0.15) is 0 Å². The molecule has 13 heavy (non-hydrogen) atoms. The van der Waals surface area contributed by atoms with Gasteiger partial charge in [-0.1, -0.05) is 0 Å². The van der Waals surface area contributed by atoms with E-state index in [9.17, 15) is 4.79 Å². The van der Waals surface area contributed by atoms with Crippen molar-refractivity contribution in [1.82, 2.24) is 9.88 Å². The number of hydrogen-bond acceptors (Lipinski definition) is 4. The molecule has 1 atom stereocenters. The second-order valence-electron chi connectivity index (χ2n) is 3.02. The van der Waals surface area contributed by atoms with E-state index >= 15 is 0 Å². The molecule has 1 rings (SSSR count). The SMILES string of the molecule is CN(C)C(=O)C(N)Cc1cscn1. The van der Waals surface area contributed by atoms with Crippen LogP contribution in [-0.2, 0) is 11.2 Å². The van der Waals surface area contributed by atoms with Gasteiger partial charge >= 0.3 is 0 Å². The van der Waals surface area contributed by atoms with E-state index in [1.165, 1.54) is 16.2 Å². The molecule has 0 spiro atoms. The number of nitrogens with two attached hydrogens (primary N) is 1. The van der Waals surface area contributed by atoms with Gasteiger partial charge in [0.15, 0.2) is 0 Å². The molecule has 1 aromatic rings. The number of carbonyl (C=O) groups excluding carboxylic acids is 1. The maximum absolute atomic E-state index is 11.3. The van der Waals surface area contributed by atoms with E-state index in [0.29, 0.717) is 6.42 Å². The molecule has 0 aliphatic carbocycles. The van der Waals surface area contributed by atoms with Gasteiger partial charge in [0.25, 0.3) is 0 Å². The Morgan fingerprint density at radius 1 is 1.77 bits per heavy atom. The van der Waals surface area contributed by atoms with Crippen molar-refractivity contribution in [2.45, 2.75) is 12.5 Å². The van der Waals surface area contributed by atoms with Gasteiger partial charge in [-0.25, -0.2) is 4.98 Å². The van der Waals surface area contributed by atoms with E-state index in [1.807, 2.05) is 5.38 Å². The van der Waals surface area contributed by atoms with Crippen LogP contribution >= 0.6 is 11.3 Å². The predicted octanol–water partition coefficient (Wildman–Crippen LogP) is 0.101. The third-order valence-corrected chi connectivity index (χ3v) is 2.31. The van der Waals surface area contributed by atoms with Crippen LogP contribution in [-0.4, -0.2) is 35.9 Å². The molecular formula is C8H13N3OS. The second kappa shape index (κ2) is 4.34. The van der Waals surface area contributed by atoms with E-state index in [0.717, 1.165) is 5.69 Å². The Hall–Kier alpha value is -0.940. The van der Waals surface area contributed by atoms with Crippen molar-refractivity contribution < 1.29 is 4.79 Å². The highest BCUT2D eigenvalue weighted by atomic mass is 32.1. The van der Waals surface area contributed by atoms with Gasteiger partial charge in [0.05, 0.1) is 17.2 Å². The molecule has 0 aromatic carbocycles. The number of carbonyl (C=O) groups is 1. The molecule has 0 aliphatic rings. The Morgan fingerprint density at radius 3 is 2.92 bits per heavy atom. The van der Waals surface area contributed by atoms with Crippen molar-refractivity contribution in [1.29, 1.82) is 0 Å². The first-order valence-corrected chi connectivity index (χ1v) is 4.89. The van der Waals surface area contributed by atoms with E-state index in [4.69, 9.17) is 5.73 Å². The van der Waals surface area contributed by atoms with Crippen LogP contribution in [0.2, 0.25) is 0 Å². The molecule has 0 fully saturated rings. The van der Waals surface area contributed by atoms with Crippen molar-refractivity contribution in [3.05, 3.63) is 16.6 Å². The molecule has 0 aliphatic heterocycles. The summed E-state index contributed by atoms with van der Waals surface area (Å²) in [5, 5.41) is 1.91. The van der Waals surface area contributed by atoms with Crippen molar-refractivity contribution in [2.75, 3.05) is 14.1 Å². The van der Waals surface area contributed by atoms with Gasteiger partial charge in [-0.05, 0) is 0 Å². The molecular weight excluding hydrogens is 186 g/mol. The topological polar surface area (TPSA) is 59.2 Å². The highest BCUT2D eigenvalue weighted by molar-refractivity contribution is 7.07. The van der Waals surface area contributed by atoms with Crippen LogP contribution in [0.4, 0.5) is 0 Å². The number of likely N-dealkylation sites (N-methyl/N-ethyl adjacent to an activating group) is 1. The minimum Gasteiger partial charge on any atom is -0.347 e. The summed E-state index contributed by atoms with van der Waals surface area (Å²) in [4.78, 5) is 16.9. The summed E-state index contributed by atoms with van der Waals surface area (Å²) in [6, 6.07) is -0.475. The van der Waals surface area contributed by atoms with Crippen LogP contribution < -0.4 is 5.73 Å². The fraction of sp³-hybridized carbons (Fsp3) is 0.500. The molecule has 0 radical (unpaired) electrons. The first kappa shape index (κ1) is 10.1. The molecule has 1 heterocycles. The molecule has 1 aromatic heterocycles. The van der Waals surface area contributed by atoms with Crippen molar-refractivity contribution in [2.24, 2.45) is 5.73 Å². The van der Waals surface area contributed by atoms with E-state index < -0.39 is 6.04 Å². The Morgan fingerprint density at radius 2 is 2.46 bits per heavy atom. The third kappa shape index (κ3) is 2.78. The quantitative estimate of drug-likeness (QED) is 0.751. The van der Waals surface area contributed by atoms with Crippen LogP contribution in [0, 0.1) is 0 Å². The van der Waals surface area contributed by atoms with Crippen molar-refractivity contribution in [3.63, 3.8) is 0 Å². The molecule has 1 unspecified atom stereocenters. The minimum absolute atomic E-state index is 0.0620. The van der Waals surface area contributed by atoms with Gasteiger partial charge in [-0.3, -0.25) is 4.79 Å². The summed E-state index contributed by atoms with van der Waals surface area (Å²) in [5.41, 5.74) is 8.30. The monoisotopic (exact) mass is 199 g/mol. The first-order valence-electron chi connectivity index (χ1n) is 3.95. The van der Waals surface area contributed by atoms with Gasteiger partial charge in [0.1, 0.15) is 0 Å². The van der Waals surface area contributed by atoms with Gasteiger partial charge < -0.3 is 10.6 Å². The standard InChI is InChI=1S/C8H13N3OS/c1-11(2)8(12)7(9)3-6-4-13-5-10-6/h4-5,7H,3,9H2,1-2H3. The van der Waals surface area contributed by atoms with Crippen LogP contribution in [0.5, 0.6) is 0 Å². The maximum Gasteiger partial charge on any atom is 0.239 e. The Kier molecular flexibility index (Phi) is 3.39. The first-order chi connectivity index (χ1) is 6.11. The van der Waals surface area contributed by atoms with E-state index in [-0.39, 0.29) is 5.91 Å². The zero-order valence-corrected chi connectivity index (χ0v) is 8.54. The lowest BCUT2D eigenvalue weighted by Gasteiger charge is -2.15. The Balaban J connectivity index is 2.51. The van der Waals surface area contributed by atoms with Crippen molar-refractivity contribution in [3.8, 4) is 0 Å². The second-order valence-corrected chi connectivity index (χ2v) is 3.74. The zero-order valence-electron chi connectivity index (χ0n) is 7.73. The molecule has 2 N–H and O–H groups in total. The summed E-state index contributed by atoms with van der Waals surface area (Å²) < 4.78 is 0. The Labute approximate surface area is 81.4 Å². The van der Waals surface area contributed by atoms with Gasteiger partial charge in [0, 0.05) is 25.9 Å². The molecule has 5 heteroatoms. The van der Waals surface area contributed by atoms with Crippen LogP contribution in [0.25, 0.3) is 0 Å². The van der Waals surface area contributed by atoms with Crippen LogP contribution in [0.3, 0.4) is 0 Å². The number of nitrogens with zero attached hydrogens (tertiary/aromatic N) is 2. The molecule has 0 saturated carbocycles. The molecule has 0 bridgehead atoms. The normalized spacial score (nSPS) is 12.5.